The smallest absolute Gasteiger partial charge is 0.0384 e. The molecule has 0 amide bonds. The topological polar surface area (TPSA) is 0 Å². The van der Waals surface area contributed by atoms with Crippen molar-refractivity contribution in [2.45, 2.75) is 59.3 Å². The highest BCUT2D eigenvalue weighted by Crippen LogP contribution is 2.22. The van der Waals surface area contributed by atoms with E-state index >= 15 is 0 Å². The van der Waals surface area contributed by atoms with Crippen LogP contribution in [0.15, 0.2) is 6.07 Å². The van der Waals surface area contributed by atoms with E-state index in [4.69, 9.17) is 0 Å². The van der Waals surface area contributed by atoms with Gasteiger partial charge < -0.3 is 0 Å². The third-order valence-corrected chi connectivity index (χ3v) is 3.73. The molecule has 0 atom stereocenters. The van der Waals surface area contributed by atoms with Gasteiger partial charge in [0.05, 0.1) is 0 Å². The van der Waals surface area contributed by atoms with Gasteiger partial charge in [0, 0.05) is 21.7 Å². The zero-order chi connectivity index (χ0) is 11.8. The summed E-state index contributed by atoms with van der Waals surface area (Å²) in [5.41, 5.74) is 1.26. The number of hydrogen-bond donors (Lipinski definition) is 0. The van der Waals surface area contributed by atoms with Gasteiger partial charge in [-0.15, -0.1) is 11.3 Å². The number of unbranched alkanes of at least 4 members (excludes halogenated alkanes) is 3. The maximum absolute atomic E-state index is 3.30. The predicted octanol–water partition coefficient (Wildman–Crippen LogP) is 4.94. The second kappa shape index (κ2) is 7.52. The number of rotatable bonds is 5. The normalized spacial score (nSPS) is 9.94. The van der Waals surface area contributed by atoms with Crippen LogP contribution < -0.4 is 0 Å². The molecular formula is C15H22S. The van der Waals surface area contributed by atoms with Crippen LogP contribution in [0.3, 0.4) is 0 Å². The largest absolute Gasteiger partial charge is 0.144 e. The zero-order valence-electron chi connectivity index (χ0n) is 10.7. The highest BCUT2D eigenvalue weighted by atomic mass is 32.1. The van der Waals surface area contributed by atoms with E-state index in [1.165, 1.54) is 47.4 Å². The minimum atomic E-state index is 1.04. The van der Waals surface area contributed by atoms with Crippen LogP contribution >= 0.6 is 11.3 Å². The van der Waals surface area contributed by atoms with Crippen molar-refractivity contribution in [1.82, 2.24) is 0 Å². The minimum Gasteiger partial charge on any atom is -0.144 e. The lowest BCUT2D eigenvalue weighted by Gasteiger charge is -1.91. The molecule has 0 bridgehead atoms. The average Bonchev–Trinajstić information content (AvgIpc) is 2.63. The van der Waals surface area contributed by atoms with E-state index in [1.54, 1.807) is 0 Å². The summed E-state index contributed by atoms with van der Waals surface area (Å²) in [6, 6.07) is 2.29. The van der Waals surface area contributed by atoms with Gasteiger partial charge in [-0.25, -0.2) is 0 Å². The van der Waals surface area contributed by atoms with Crippen LogP contribution in [0.2, 0.25) is 0 Å². The van der Waals surface area contributed by atoms with Crippen molar-refractivity contribution in [3.8, 4) is 11.8 Å². The van der Waals surface area contributed by atoms with E-state index in [9.17, 15) is 0 Å². The van der Waals surface area contributed by atoms with Gasteiger partial charge in [-0.1, -0.05) is 38.5 Å². The molecule has 1 heteroatoms. The fourth-order valence-electron chi connectivity index (χ4n) is 1.56. The molecule has 1 aromatic heterocycles. The second-order valence-electron chi connectivity index (χ2n) is 4.19. The van der Waals surface area contributed by atoms with Crippen molar-refractivity contribution in [2.75, 3.05) is 0 Å². The lowest BCUT2D eigenvalue weighted by molar-refractivity contribution is 0.804. The SMILES string of the molecule is CCCCC#Cc1cc(CCCC)sc1C. The van der Waals surface area contributed by atoms with Gasteiger partial charge in [0.1, 0.15) is 0 Å². The van der Waals surface area contributed by atoms with Gasteiger partial charge in [-0.05, 0) is 32.3 Å². The molecule has 88 valence electrons. The Morgan fingerprint density at radius 2 is 1.94 bits per heavy atom. The molecule has 1 heterocycles. The van der Waals surface area contributed by atoms with Crippen LogP contribution in [-0.2, 0) is 6.42 Å². The Balaban J connectivity index is 2.57. The van der Waals surface area contributed by atoms with Crippen molar-refractivity contribution in [2.24, 2.45) is 0 Å². The minimum absolute atomic E-state index is 1.04. The molecule has 0 saturated carbocycles. The zero-order valence-corrected chi connectivity index (χ0v) is 11.5. The first kappa shape index (κ1) is 13.3. The molecule has 0 N–H and O–H groups in total. The lowest BCUT2D eigenvalue weighted by atomic mass is 10.2. The van der Waals surface area contributed by atoms with Gasteiger partial charge >= 0.3 is 0 Å². The third-order valence-electron chi connectivity index (χ3n) is 2.62. The molecule has 0 aromatic carbocycles. The van der Waals surface area contributed by atoms with Crippen LogP contribution in [-0.4, -0.2) is 0 Å². The number of hydrogen-bond acceptors (Lipinski definition) is 1. The standard InChI is InChI=1S/C15H22S/c1-4-6-8-9-10-14-12-15(11-7-5-2)16-13(14)3/h12H,4-8,11H2,1-3H3. The molecule has 0 aliphatic rings. The third kappa shape index (κ3) is 4.41. The molecule has 0 spiro atoms. The van der Waals surface area contributed by atoms with E-state index < -0.39 is 0 Å². The van der Waals surface area contributed by atoms with Gasteiger partial charge in [0.2, 0.25) is 0 Å². The van der Waals surface area contributed by atoms with Gasteiger partial charge in [-0.3, -0.25) is 0 Å². The first-order chi connectivity index (χ1) is 7.77. The summed E-state index contributed by atoms with van der Waals surface area (Å²) in [6.07, 6.45) is 7.28. The summed E-state index contributed by atoms with van der Waals surface area (Å²) in [7, 11) is 0. The molecule has 0 saturated heterocycles. The lowest BCUT2D eigenvalue weighted by Crippen LogP contribution is -1.77. The summed E-state index contributed by atoms with van der Waals surface area (Å²) in [4.78, 5) is 2.88. The Labute approximate surface area is 104 Å². The first-order valence-electron chi connectivity index (χ1n) is 6.36. The van der Waals surface area contributed by atoms with E-state index in [0.717, 1.165) is 6.42 Å². The Morgan fingerprint density at radius 3 is 2.62 bits per heavy atom. The molecule has 0 fully saturated rings. The molecule has 0 aliphatic carbocycles. The highest BCUT2D eigenvalue weighted by Gasteiger charge is 2.02. The quantitative estimate of drug-likeness (QED) is 0.500. The fraction of sp³-hybridized carbons (Fsp3) is 0.600. The molecule has 0 nitrogen and oxygen atoms in total. The second-order valence-corrected chi connectivity index (χ2v) is 5.53. The van der Waals surface area contributed by atoms with Gasteiger partial charge in [0.15, 0.2) is 0 Å². The van der Waals surface area contributed by atoms with Crippen molar-refractivity contribution in [3.05, 3.63) is 21.4 Å². The Bertz CT molecular complexity index is 363. The summed E-state index contributed by atoms with van der Waals surface area (Å²) in [6.45, 7) is 6.64. The van der Waals surface area contributed by atoms with E-state index in [0.29, 0.717) is 0 Å². The van der Waals surface area contributed by atoms with Crippen LogP contribution in [0.5, 0.6) is 0 Å². The highest BCUT2D eigenvalue weighted by molar-refractivity contribution is 7.12. The van der Waals surface area contributed by atoms with Crippen LogP contribution in [0.1, 0.15) is 61.3 Å². The van der Waals surface area contributed by atoms with Gasteiger partial charge in [-0.2, -0.15) is 0 Å². The molecule has 1 rings (SSSR count). The molecule has 0 radical (unpaired) electrons. The van der Waals surface area contributed by atoms with E-state index in [-0.39, 0.29) is 0 Å². The molecular weight excluding hydrogens is 212 g/mol. The maximum atomic E-state index is 3.30. The van der Waals surface area contributed by atoms with Crippen LogP contribution in [0, 0.1) is 18.8 Å². The van der Waals surface area contributed by atoms with Crippen LogP contribution in [0.4, 0.5) is 0 Å². The number of aryl methyl sites for hydroxylation is 2. The Morgan fingerprint density at radius 1 is 1.19 bits per heavy atom. The molecule has 0 unspecified atom stereocenters. The van der Waals surface area contributed by atoms with Crippen molar-refractivity contribution in [1.29, 1.82) is 0 Å². The summed E-state index contributed by atoms with van der Waals surface area (Å²) >= 11 is 1.92. The first-order valence-corrected chi connectivity index (χ1v) is 7.17. The van der Waals surface area contributed by atoms with E-state index in [2.05, 4.69) is 38.7 Å². The van der Waals surface area contributed by atoms with Crippen LogP contribution in [0.25, 0.3) is 0 Å². The fourth-order valence-corrected chi connectivity index (χ4v) is 2.60. The monoisotopic (exact) mass is 234 g/mol. The molecule has 16 heavy (non-hydrogen) atoms. The summed E-state index contributed by atoms with van der Waals surface area (Å²) in [5.74, 6) is 6.57. The predicted molar refractivity (Wildman–Crippen MR) is 74.1 cm³/mol. The molecule has 0 aliphatic heterocycles. The van der Waals surface area contributed by atoms with Crippen molar-refractivity contribution in [3.63, 3.8) is 0 Å². The summed E-state index contributed by atoms with van der Waals surface area (Å²) < 4.78 is 0. The van der Waals surface area contributed by atoms with Crippen molar-refractivity contribution < 1.29 is 0 Å². The molecule has 1 aromatic rings. The maximum Gasteiger partial charge on any atom is 0.0384 e. The average molecular weight is 234 g/mol. The van der Waals surface area contributed by atoms with Gasteiger partial charge in [0.25, 0.3) is 0 Å². The number of thiophene rings is 1. The summed E-state index contributed by atoms with van der Waals surface area (Å²) in [5, 5.41) is 0. The Kier molecular flexibility index (Phi) is 6.26. The van der Waals surface area contributed by atoms with Crippen molar-refractivity contribution >= 4 is 11.3 Å². The Hall–Kier alpha value is -0.740. The van der Waals surface area contributed by atoms with E-state index in [1.807, 2.05) is 11.3 Å².